The van der Waals surface area contributed by atoms with Crippen LogP contribution in [0.5, 0.6) is 0 Å². The Hall–Kier alpha value is -0.950. The summed E-state index contributed by atoms with van der Waals surface area (Å²) in [5.74, 6) is 0. The third-order valence-electron chi connectivity index (χ3n) is 1.98. The van der Waals surface area contributed by atoms with Gasteiger partial charge in [-0.3, -0.25) is 0 Å². The lowest BCUT2D eigenvalue weighted by Crippen LogP contribution is -2.40. The molecule has 0 aromatic heterocycles. The summed E-state index contributed by atoms with van der Waals surface area (Å²) < 4.78 is 15.7. The van der Waals surface area contributed by atoms with E-state index in [0.29, 0.717) is 36.4 Å². The van der Waals surface area contributed by atoms with E-state index >= 15 is 0 Å². The van der Waals surface area contributed by atoms with E-state index in [9.17, 15) is 4.79 Å². The molecule has 0 rings (SSSR count). The quantitative estimate of drug-likeness (QED) is 0.701. The maximum Gasteiger partial charge on any atom is 0.410 e. The van der Waals surface area contributed by atoms with Gasteiger partial charge in [0.05, 0.1) is 13.1 Å². The maximum atomic E-state index is 12.0. The Bertz CT molecular complexity index is 333. The molecule has 0 aliphatic rings. The van der Waals surface area contributed by atoms with E-state index < -0.39 is 11.7 Å². The molecule has 116 valence electrons. The van der Waals surface area contributed by atoms with Crippen molar-refractivity contribution in [3.05, 3.63) is 0 Å². The average molecular weight is 321 g/mol. The van der Waals surface area contributed by atoms with Gasteiger partial charge in [-0.25, -0.2) is 4.79 Å². The lowest BCUT2D eigenvalue weighted by atomic mass is 10.2. The molecule has 0 fully saturated rings. The topological polar surface area (TPSA) is 48.0 Å². The zero-order valence-electron chi connectivity index (χ0n) is 12.7. The number of ether oxygens (including phenoxy) is 3. The Morgan fingerprint density at radius 3 is 1.70 bits per heavy atom. The van der Waals surface area contributed by atoms with Gasteiger partial charge in [0.2, 0.25) is 0 Å². The van der Waals surface area contributed by atoms with E-state index in [2.05, 4.69) is 0 Å². The number of carbonyl (C=O) groups is 1. The molecule has 0 bridgehead atoms. The summed E-state index contributed by atoms with van der Waals surface area (Å²) in [6, 6.07) is 0. The van der Waals surface area contributed by atoms with Crippen molar-refractivity contribution < 1.29 is 19.0 Å². The summed E-state index contributed by atoms with van der Waals surface area (Å²) >= 11 is 9.65. The molecule has 0 aliphatic heterocycles. The van der Waals surface area contributed by atoms with Crippen molar-refractivity contribution in [3.8, 4) is 0 Å². The molecule has 5 nitrogen and oxygen atoms in total. The molecule has 0 saturated heterocycles. The Morgan fingerprint density at radius 2 is 1.40 bits per heavy atom. The van der Waals surface area contributed by atoms with Gasteiger partial charge in [-0.2, -0.15) is 0 Å². The van der Waals surface area contributed by atoms with Crippen molar-refractivity contribution in [1.82, 2.24) is 4.90 Å². The van der Waals surface area contributed by atoms with E-state index in [4.69, 9.17) is 38.6 Å². The molecular weight excluding hydrogens is 298 g/mol. The number of hydrogen-bond acceptors (Lipinski definition) is 6. The second-order valence-electron chi connectivity index (χ2n) is 5.15. The largest absolute Gasteiger partial charge is 0.486 e. The van der Waals surface area contributed by atoms with Gasteiger partial charge >= 0.3 is 6.09 Å². The van der Waals surface area contributed by atoms with Crippen molar-refractivity contribution in [3.63, 3.8) is 0 Å². The predicted molar refractivity (Wildman–Crippen MR) is 86.3 cm³/mol. The van der Waals surface area contributed by atoms with Crippen LogP contribution in [0.25, 0.3) is 0 Å². The van der Waals surface area contributed by atoms with Crippen molar-refractivity contribution in [2.75, 3.05) is 26.3 Å². The van der Waals surface area contributed by atoms with Crippen molar-refractivity contribution in [2.24, 2.45) is 0 Å². The van der Waals surface area contributed by atoms with Crippen LogP contribution in [0.4, 0.5) is 4.79 Å². The van der Waals surface area contributed by atoms with Crippen LogP contribution in [-0.2, 0) is 14.2 Å². The molecular formula is C13H23NO4S2. The van der Waals surface area contributed by atoms with Gasteiger partial charge in [-0.1, -0.05) is 0 Å². The molecule has 0 saturated carbocycles. The number of rotatable bonds is 6. The van der Waals surface area contributed by atoms with Crippen LogP contribution in [0.1, 0.15) is 34.6 Å². The molecule has 0 unspecified atom stereocenters. The van der Waals surface area contributed by atoms with E-state index in [-0.39, 0.29) is 0 Å². The Morgan fingerprint density at radius 1 is 1.00 bits per heavy atom. The van der Waals surface area contributed by atoms with Crippen LogP contribution in [0.3, 0.4) is 0 Å². The molecule has 0 atom stereocenters. The zero-order chi connectivity index (χ0) is 15.8. The Labute approximate surface area is 131 Å². The SMILES string of the molecule is CC(=S)OCCN(CCOC(C)=S)C(=O)OC(C)(C)C. The third kappa shape index (κ3) is 10.9. The predicted octanol–water partition coefficient (Wildman–Crippen LogP) is 2.95. The Balaban J connectivity index is 4.40. The maximum absolute atomic E-state index is 12.0. The molecule has 0 aliphatic carbocycles. The first-order valence-electron chi connectivity index (χ1n) is 6.36. The van der Waals surface area contributed by atoms with Gasteiger partial charge in [-0.15, -0.1) is 0 Å². The fourth-order valence-electron chi connectivity index (χ4n) is 1.22. The molecule has 0 aromatic rings. The normalized spacial score (nSPS) is 10.7. The summed E-state index contributed by atoms with van der Waals surface area (Å²) in [6.45, 7) is 10.2. The van der Waals surface area contributed by atoms with Crippen LogP contribution in [0.15, 0.2) is 0 Å². The zero-order valence-corrected chi connectivity index (χ0v) is 14.4. The fraction of sp³-hybridized carbons (Fsp3) is 0.769. The lowest BCUT2D eigenvalue weighted by molar-refractivity contribution is 0.0197. The summed E-state index contributed by atoms with van der Waals surface area (Å²) in [4.78, 5) is 13.6. The summed E-state index contributed by atoms with van der Waals surface area (Å²) in [7, 11) is 0. The van der Waals surface area contributed by atoms with Crippen molar-refractivity contribution in [1.29, 1.82) is 0 Å². The molecule has 20 heavy (non-hydrogen) atoms. The van der Waals surface area contributed by atoms with E-state index in [1.807, 2.05) is 20.8 Å². The van der Waals surface area contributed by atoms with Gasteiger partial charge in [-0.05, 0) is 45.2 Å². The number of thiocarbonyl (C=S) groups is 2. The fourth-order valence-corrected chi connectivity index (χ4v) is 1.39. The van der Waals surface area contributed by atoms with E-state index in [1.165, 1.54) is 4.90 Å². The molecule has 7 heteroatoms. The van der Waals surface area contributed by atoms with Crippen LogP contribution in [-0.4, -0.2) is 53.0 Å². The first-order valence-corrected chi connectivity index (χ1v) is 7.18. The number of nitrogens with zero attached hydrogens (tertiary/aromatic N) is 1. The minimum Gasteiger partial charge on any atom is -0.486 e. The molecule has 0 heterocycles. The molecule has 0 radical (unpaired) electrons. The van der Waals surface area contributed by atoms with Crippen molar-refractivity contribution in [2.45, 2.75) is 40.2 Å². The average Bonchev–Trinajstić information content (AvgIpc) is 2.23. The minimum atomic E-state index is -0.544. The first kappa shape index (κ1) is 19.1. The van der Waals surface area contributed by atoms with E-state index in [1.54, 1.807) is 13.8 Å². The smallest absolute Gasteiger partial charge is 0.410 e. The summed E-state index contributed by atoms with van der Waals surface area (Å²) in [5.41, 5.74) is -0.544. The van der Waals surface area contributed by atoms with E-state index in [0.717, 1.165) is 0 Å². The second-order valence-corrected chi connectivity index (χ2v) is 6.30. The van der Waals surface area contributed by atoms with Gasteiger partial charge in [0.15, 0.2) is 10.1 Å². The van der Waals surface area contributed by atoms with Crippen molar-refractivity contribution >= 4 is 40.6 Å². The minimum absolute atomic E-state index is 0.325. The number of amides is 1. The molecule has 0 N–H and O–H groups in total. The van der Waals surface area contributed by atoms with Crippen LogP contribution in [0.2, 0.25) is 0 Å². The third-order valence-corrected chi connectivity index (χ3v) is 2.22. The monoisotopic (exact) mass is 321 g/mol. The van der Waals surface area contributed by atoms with Gasteiger partial charge in [0.25, 0.3) is 0 Å². The van der Waals surface area contributed by atoms with Gasteiger partial charge < -0.3 is 19.1 Å². The van der Waals surface area contributed by atoms with Gasteiger partial charge in [0.1, 0.15) is 18.8 Å². The molecule has 1 amide bonds. The second kappa shape index (κ2) is 9.07. The highest BCUT2D eigenvalue weighted by atomic mass is 32.1. The number of carbonyl (C=O) groups excluding carboxylic acids is 1. The molecule has 0 aromatic carbocycles. The first-order chi connectivity index (χ1) is 9.11. The summed E-state index contributed by atoms with van der Waals surface area (Å²) in [6.07, 6.45) is -0.409. The number of hydrogen-bond donors (Lipinski definition) is 0. The van der Waals surface area contributed by atoms with Crippen LogP contribution < -0.4 is 0 Å². The highest BCUT2D eigenvalue weighted by Crippen LogP contribution is 2.10. The van der Waals surface area contributed by atoms with Crippen LogP contribution >= 0.6 is 24.4 Å². The lowest BCUT2D eigenvalue weighted by Gasteiger charge is -2.27. The highest BCUT2D eigenvalue weighted by Gasteiger charge is 2.22. The standard InChI is InChI=1S/C13H23NO4S2/c1-10(19)16-8-6-14(7-9-17-11(2)20)12(15)18-13(3,4)5/h6-9H2,1-5H3. The molecule has 0 spiro atoms. The summed E-state index contributed by atoms with van der Waals surface area (Å²) in [5, 5.41) is 0.889. The van der Waals surface area contributed by atoms with Gasteiger partial charge in [0, 0.05) is 13.8 Å². The van der Waals surface area contributed by atoms with Crippen LogP contribution in [0, 0.1) is 0 Å². The Kier molecular flexibility index (Phi) is 8.64. The highest BCUT2D eigenvalue weighted by molar-refractivity contribution is 7.80.